The van der Waals surface area contributed by atoms with E-state index < -0.39 is 0 Å². The molecule has 1 aromatic heterocycles. The number of nitrogens with two attached hydrogens (primary N) is 1. The molecule has 1 rings (SSSR count). The van der Waals surface area contributed by atoms with Gasteiger partial charge in [0.2, 0.25) is 0 Å². The first-order valence-corrected chi connectivity index (χ1v) is 6.24. The van der Waals surface area contributed by atoms with Crippen LogP contribution in [0.3, 0.4) is 0 Å². The molecule has 1 aromatic rings. The summed E-state index contributed by atoms with van der Waals surface area (Å²) in [5, 5.41) is 7.50. The van der Waals surface area contributed by atoms with Gasteiger partial charge in [-0.1, -0.05) is 0 Å². The minimum atomic E-state index is 0.620. The van der Waals surface area contributed by atoms with E-state index in [-0.39, 0.29) is 0 Å². The van der Waals surface area contributed by atoms with Crippen molar-refractivity contribution in [3.63, 3.8) is 0 Å². The molecule has 17 heavy (non-hydrogen) atoms. The fraction of sp³-hybridized carbons (Fsp3) is 0.750. The van der Waals surface area contributed by atoms with Crippen molar-refractivity contribution in [2.24, 2.45) is 7.05 Å². The van der Waals surface area contributed by atoms with Gasteiger partial charge in [0, 0.05) is 25.8 Å². The lowest BCUT2D eigenvalue weighted by atomic mass is 10.2. The van der Waals surface area contributed by atoms with Crippen LogP contribution in [0.25, 0.3) is 0 Å². The average molecular weight is 239 g/mol. The molecule has 0 saturated carbocycles. The van der Waals surface area contributed by atoms with Gasteiger partial charge in [-0.3, -0.25) is 4.68 Å². The van der Waals surface area contributed by atoms with E-state index in [1.807, 2.05) is 13.2 Å². The van der Waals surface area contributed by atoms with Gasteiger partial charge < -0.3 is 16.0 Å². The number of aromatic nitrogens is 2. The van der Waals surface area contributed by atoms with Crippen LogP contribution in [0.5, 0.6) is 0 Å². The molecule has 0 amide bonds. The molecule has 0 saturated heterocycles. The van der Waals surface area contributed by atoms with Crippen molar-refractivity contribution in [3.8, 4) is 0 Å². The zero-order chi connectivity index (χ0) is 12.8. The molecule has 5 heteroatoms. The van der Waals surface area contributed by atoms with E-state index in [0.29, 0.717) is 11.7 Å². The predicted octanol–water partition coefficient (Wildman–Crippen LogP) is 1.53. The molecule has 0 atom stereocenters. The van der Waals surface area contributed by atoms with Crippen LogP contribution < -0.4 is 11.1 Å². The normalized spacial score (nSPS) is 11.4. The smallest absolute Gasteiger partial charge is 0.171 e. The second kappa shape index (κ2) is 6.49. The van der Waals surface area contributed by atoms with Crippen LogP contribution in [-0.4, -0.2) is 40.9 Å². The number of hydrogen-bond acceptors (Lipinski definition) is 4. The molecular weight excluding hydrogens is 214 g/mol. The van der Waals surface area contributed by atoms with Crippen LogP contribution in [0.2, 0.25) is 0 Å². The van der Waals surface area contributed by atoms with Crippen molar-refractivity contribution in [2.45, 2.75) is 32.7 Å². The highest BCUT2D eigenvalue weighted by Gasteiger charge is 2.04. The van der Waals surface area contributed by atoms with Gasteiger partial charge in [-0.25, -0.2) is 0 Å². The molecule has 0 aliphatic rings. The molecular formula is C12H25N5. The first-order chi connectivity index (χ1) is 8.00. The third-order valence-corrected chi connectivity index (χ3v) is 2.97. The van der Waals surface area contributed by atoms with Crippen molar-refractivity contribution < 1.29 is 0 Å². The number of nitrogens with one attached hydrogen (secondary N) is 1. The first kappa shape index (κ1) is 13.8. The molecule has 5 nitrogen and oxygen atoms in total. The molecule has 98 valence electrons. The molecule has 3 N–H and O–H groups in total. The molecule has 0 fully saturated rings. The highest BCUT2D eigenvalue weighted by molar-refractivity contribution is 5.59. The number of hydrogen-bond donors (Lipinski definition) is 2. The lowest BCUT2D eigenvalue weighted by molar-refractivity contribution is 0.269. The topological polar surface area (TPSA) is 59.1 Å². The summed E-state index contributed by atoms with van der Waals surface area (Å²) in [5.41, 5.74) is 6.50. The second-order valence-electron chi connectivity index (χ2n) is 4.81. The van der Waals surface area contributed by atoms with E-state index in [9.17, 15) is 0 Å². The number of nitrogen functional groups attached to an aromatic ring is 1. The number of unbranched alkanes of at least 4 members (excludes halogenated alkanes) is 1. The molecule has 0 aliphatic carbocycles. The zero-order valence-electron chi connectivity index (χ0n) is 11.4. The van der Waals surface area contributed by atoms with E-state index in [1.165, 1.54) is 6.42 Å². The summed E-state index contributed by atoms with van der Waals surface area (Å²) >= 11 is 0. The van der Waals surface area contributed by atoms with Crippen molar-refractivity contribution in [2.75, 3.05) is 31.2 Å². The Labute approximate surface area is 104 Å². The van der Waals surface area contributed by atoms with E-state index in [1.54, 1.807) is 4.68 Å². The second-order valence-corrected chi connectivity index (χ2v) is 4.81. The lowest BCUT2D eigenvalue weighted by Gasteiger charge is -2.20. The summed E-state index contributed by atoms with van der Waals surface area (Å²) in [6, 6.07) is 0.620. The van der Waals surface area contributed by atoms with Crippen molar-refractivity contribution in [1.82, 2.24) is 14.7 Å². The molecule has 1 heterocycles. The summed E-state index contributed by atoms with van der Waals surface area (Å²) < 4.78 is 1.73. The minimum absolute atomic E-state index is 0.620. The van der Waals surface area contributed by atoms with Gasteiger partial charge in [0.15, 0.2) is 5.82 Å². The van der Waals surface area contributed by atoms with Crippen LogP contribution in [0.15, 0.2) is 6.20 Å². The number of rotatable bonds is 7. The van der Waals surface area contributed by atoms with Crippen LogP contribution in [0.1, 0.15) is 26.7 Å². The lowest BCUT2D eigenvalue weighted by Crippen LogP contribution is -2.27. The molecule has 0 aliphatic heterocycles. The summed E-state index contributed by atoms with van der Waals surface area (Å²) in [7, 11) is 4.04. The standard InChI is InChI=1S/C12H25N5/c1-10(2)16(3)8-6-5-7-14-12-11(13)9-17(4)15-12/h9-10H,5-8,13H2,1-4H3,(H,14,15). The van der Waals surface area contributed by atoms with Crippen molar-refractivity contribution in [3.05, 3.63) is 6.20 Å². The Morgan fingerprint density at radius 1 is 1.47 bits per heavy atom. The maximum Gasteiger partial charge on any atom is 0.171 e. The van der Waals surface area contributed by atoms with Gasteiger partial charge in [0.1, 0.15) is 0 Å². The maximum absolute atomic E-state index is 5.79. The van der Waals surface area contributed by atoms with Gasteiger partial charge in [-0.05, 0) is 40.3 Å². The monoisotopic (exact) mass is 239 g/mol. The molecule has 0 unspecified atom stereocenters. The third-order valence-electron chi connectivity index (χ3n) is 2.97. The van der Waals surface area contributed by atoms with Gasteiger partial charge in [-0.2, -0.15) is 5.10 Å². The van der Waals surface area contributed by atoms with E-state index in [0.717, 1.165) is 25.3 Å². The van der Waals surface area contributed by atoms with Crippen molar-refractivity contribution in [1.29, 1.82) is 0 Å². The summed E-state index contributed by atoms with van der Waals surface area (Å²) in [6.07, 6.45) is 4.14. The van der Waals surface area contributed by atoms with Crippen LogP contribution in [-0.2, 0) is 7.05 Å². The Balaban J connectivity index is 2.14. The fourth-order valence-corrected chi connectivity index (χ4v) is 1.60. The Kier molecular flexibility index (Phi) is 5.28. The average Bonchev–Trinajstić information content (AvgIpc) is 2.56. The largest absolute Gasteiger partial charge is 0.394 e. The summed E-state index contributed by atoms with van der Waals surface area (Å²) in [4.78, 5) is 2.36. The summed E-state index contributed by atoms with van der Waals surface area (Å²) in [6.45, 7) is 6.49. The zero-order valence-corrected chi connectivity index (χ0v) is 11.4. The van der Waals surface area contributed by atoms with E-state index in [2.05, 4.69) is 36.2 Å². The van der Waals surface area contributed by atoms with E-state index in [4.69, 9.17) is 5.73 Å². The number of nitrogens with zero attached hydrogens (tertiary/aromatic N) is 3. The molecule has 0 radical (unpaired) electrons. The van der Waals surface area contributed by atoms with Gasteiger partial charge in [0.25, 0.3) is 0 Å². The number of anilines is 2. The Hall–Kier alpha value is -1.23. The molecule has 0 aromatic carbocycles. The van der Waals surface area contributed by atoms with Crippen molar-refractivity contribution >= 4 is 11.5 Å². The number of aryl methyl sites for hydroxylation is 1. The molecule has 0 bridgehead atoms. The minimum Gasteiger partial charge on any atom is -0.394 e. The van der Waals surface area contributed by atoms with Crippen LogP contribution in [0, 0.1) is 0 Å². The van der Waals surface area contributed by atoms with Crippen LogP contribution in [0.4, 0.5) is 11.5 Å². The Morgan fingerprint density at radius 2 is 2.18 bits per heavy atom. The van der Waals surface area contributed by atoms with Gasteiger partial charge in [-0.15, -0.1) is 0 Å². The highest BCUT2D eigenvalue weighted by Crippen LogP contribution is 2.13. The predicted molar refractivity (Wildman–Crippen MR) is 73.1 cm³/mol. The third kappa shape index (κ3) is 4.65. The Morgan fingerprint density at radius 3 is 2.71 bits per heavy atom. The van der Waals surface area contributed by atoms with E-state index >= 15 is 0 Å². The highest BCUT2D eigenvalue weighted by atomic mass is 15.3. The Bertz CT molecular complexity index is 332. The van der Waals surface area contributed by atoms with Gasteiger partial charge in [0.05, 0.1) is 5.69 Å². The van der Waals surface area contributed by atoms with Crippen LogP contribution >= 0.6 is 0 Å². The maximum atomic E-state index is 5.79. The van der Waals surface area contributed by atoms with Gasteiger partial charge >= 0.3 is 0 Å². The SMILES string of the molecule is CC(C)N(C)CCCCNc1nn(C)cc1N. The first-order valence-electron chi connectivity index (χ1n) is 6.24. The fourth-order valence-electron chi connectivity index (χ4n) is 1.60. The quantitative estimate of drug-likeness (QED) is 0.709. The summed E-state index contributed by atoms with van der Waals surface area (Å²) in [5.74, 6) is 0.796. The molecule has 0 spiro atoms.